The number of rotatable bonds is 9. The lowest BCUT2D eigenvalue weighted by molar-refractivity contribution is 0.151. The van der Waals surface area contributed by atoms with E-state index in [1.165, 1.54) is 17.5 Å². The highest BCUT2D eigenvalue weighted by molar-refractivity contribution is 5.29. The van der Waals surface area contributed by atoms with Gasteiger partial charge < -0.3 is 0 Å². The molecule has 0 N–H and O–H groups in total. The molecule has 130 valence electrons. The van der Waals surface area contributed by atoms with Crippen LogP contribution in [0.3, 0.4) is 0 Å². The first-order valence-corrected chi connectivity index (χ1v) is 8.97. The number of halogens is 2. The van der Waals surface area contributed by atoms with Crippen LogP contribution in [0.1, 0.15) is 69.1 Å². The van der Waals surface area contributed by atoms with Crippen molar-refractivity contribution in [3.05, 3.63) is 71.3 Å². The first-order chi connectivity index (χ1) is 11.5. The van der Waals surface area contributed by atoms with Crippen LogP contribution >= 0.6 is 0 Å². The van der Waals surface area contributed by atoms with Gasteiger partial charge in [-0.3, -0.25) is 0 Å². The molecule has 0 heterocycles. The zero-order valence-corrected chi connectivity index (χ0v) is 14.8. The summed E-state index contributed by atoms with van der Waals surface area (Å²) in [6.07, 6.45) is 4.33. The van der Waals surface area contributed by atoms with Gasteiger partial charge in [0.25, 0.3) is 6.43 Å². The molecule has 0 bridgehead atoms. The Bertz CT molecular complexity index is 589. The van der Waals surface area contributed by atoms with Gasteiger partial charge in [-0.15, -0.1) is 0 Å². The van der Waals surface area contributed by atoms with E-state index < -0.39 is 6.43 Å². The summed E-state index contributed by atoms with van der Waals surface area (Å²) in [6, 6.07) is 17.5. The van der Waals surface area contributed by atoms with Crippen LogP contribution in [0.2, 0.25) is 0 Å². The van der Waals surface area contributed by atoms with Crippen LogP contribution in [0.4, 0.5) is 8.78 Å². The van der Waals surface area contributed by atoms with Gasteiger partial charge in [0.05, 0.1) is 0 Å². The molecule has 1 unspecified atom stereocenters. The number of hydrogen-bond donors (Lipinski definition) is 0. The fourth-order valence-corrected chi connectivity index (χ4v) is 3.49. The van der Waals surface area contributed by atoms with Crippen molar-refractivity contribution in [1.82, 2.24) is 0 Å². The zero-order valence-electron chi connectivity index (χ0n) is 14.8. The van der Waals surface area contributed by atoms with E-state index in [0.717, 1.165) is 32.1 Å². The molecule has 2 heteroatoms. The van der Waals surface area contributed by atoms with Crippen molar-refractivity contribution in [3.63, 3.8) is 0 Å². The first kappa shape index (κ1) is 18.6. The van der Waals surface area contributed by atoms with Crippen molar-refractivity contribution in [1.29, 1.82) is 0 Å². The van der Waals surface area contributed by atoms with E-state index in [4.69, 9.17) is 0 Å². The summed E-state index contributed by atoms with van der Waals surface area (Å²) in [4.78, 5) is 0. The third-order valence-corrected chi connectivity index (χ3v) is 4.95. The summed E-state index contributed by atoms with van der Waals surface area (Å²) < 4.78 is 25.5. The van der Waals surface area contributed by atoms with E-state index in [9.17, 15) is 8.78 Å². The minimum Gasteiger partial charge on any atom is -0.205 e. The summed E-state index contributed by atoms with van der Waals surface area (Å²) in [5.41, 5.74) is 2.76. The largest absolute Gasteiger partial charge is 0.263 e. The molecule has 0 saturated carbocycles. The monoisotopic (exact) mass is 330 g/mol. The number of aryl methyl sites for hydroxylation is 1. The zero-order chi connectivity index (χ0) is 17.4. The normalized spacial score (nSPS) is 13.9. The molecular formula is C22H28F2. The molecule has 0 saturated heterocycles. The summed E-state index contributed by atoms with van der Waals surface area (Å²) in [6.45, 7) is 4.46. The number of benzene rings is 2. The highest BCUT2D eigenvalue weighted by atomic mass is 19.3. The highest BCUT2D eigenvalue weighted by Crippen LogP contribution is 2.35. The van der Waals surface area contributed by atoms with Gasteiger partial charge in [-0.05, 0) is 42.2 Å². The SMILES string of the molecule is CCCC(C)(CCCCc1ccccc1)c1ccc(C(F)F)cc1. The standard InChI is InChI=1S/C22H28F2/c1-3-16-22(2,20-14-12-19(13-15-20)21(23)24)17-8-7-11-18-9-5-4-6-10-18/h4-6,9-10,12-15,21H,3,7-8,11,16-17H2,1-2H3. The molecule has 2 aromatic rings. The molecule has 0 aromatic heterocycles. The van der Waals surface area contributed by atoms with Crippen molar-refractivity contribution in [2.45, 2.75) is 64.2 Å². The Morgan fingerprint density at radius 1 is 0.875 bits per heavy atom. The smallest absolute Gasteiger partial charge is 0.205 e. The van der Waals surface area contributed by atoms with Gasteiger partial charge in [0.1, 0.15) is 0 Å². The Hall–Kier alpha value is -1.70. The molecule has 0 aliphatic heterocycles. The van der Waals surface area contributed by atoms with E-state index in [2.05, 4.69) is 38.1 Å². The van der Waals surface area contributed by atoms with Crippen LogP contribution < -0.4 is 0 Å². The molecule has 0 aliphatic carbocycles. The Kier molecular flexibility index (Phi) is 6.96. The van der Waals surface area contributed by atoms with E-state index in [1.54, 1.807) is 12.1 Å². The van der Waals surface area contributed by atoms with Gasteiger partial charge in [-0.2, -0.15) is 0 Å². The average Bonchev–Trinajstić information content (AvgIpc) is 2.60. The molecule has 0 fully saturated rings. The van der Waals surface area contributed by atoms with E-state index in [1.807, 2.05) is 18.2 Å². The fourth-order valence-electron chi connectivity index (χ4n) is 3.49. The van der Waals surface area contributed by atoms with Crippen LogP contribution in [-0.2, 0) is 11.8 Å². The lowest BCUT2D eigenvalue weighted by Crippen LogP contribution is -2.22. The molecule has 2 rings (SSSR count). The summed E-state index contributed by atoms with van der Waals surface area (Å²) >= 11 is 0. The van der Waals surface area contributed by atoms with E-state index >= 15 is 0 Å². The van der Waals surface area contributed by atoms with Crippen LogP contribution in [0.25, 0.3) is 0 Å². The molecular weight excluding hydrogens is 302 g/mol. The minimum absolute atomic E-state index is 0.0755. The van der Waals surface area contributed by atoms with Gasteiger partial charge in [0.15, 0.2) is 0 Å². The van der Waals surface area contributed by atoms with Gasteiger partial charge >= 0.3 is 0 Å². The predicted octanol–water partition coefficient (Wildman–Crippen LogP) is 7.10. The maximum Gasteiger partial charge on any atom is 0.263 e. The minimum atomic E-state index is -2.39. The average molecular weight is 330 g/mol. The molecule has 0 spiro atoms. The van der Waals surface area contributed by atoms with Crippen LogP contribution in [0, 0.1) is 0 Å². The lowest BCUT2D eigenvalue weighted by atomic mass is 9.74. The van der Waals surface area contributed by atoms with Crippen LogP contribution in [0.5, 0.6) is 0 Å². The topological polar surface area (TPSA) is 0 Å². The third-order valence-electron chi connectivity index (χ3n) is 4.95. The maximum absolute atomic E-state index is 12.8. The van der Waals surface area contributed by atoms with Crippen molar-refractivity contribution >= 4 is 0 Å². The second-order valence-corrected chi connectivity index (χ2v) is 6.93. The third kappa shape index (κ3) is 5.15. The Morgan fingerprint density at radius 3 is 2.12 bits per heavy atom. The summed E-state index contributed by atoms with van der Waals surface area (Å²) in [5.74, 6) is 0. The number of unbranched alkanes of at least 4 members (excludes halogenated alkanes) is 1. The van der Waals surface area contributed by atoms with Crippen molar-refractivity contribution in [2.75, 3.05) is 0 Å². The lowest BCUT2D eigenvalue weighted by Gasteiger charge is -2.30. The molecule has 24 heavy (non-hydrogen) atoms. The Balaban J connectivity index is 1.96. The second-order valence-electron chi connectivity index (χ2n) is 6.93. The van der Waals surface area contributed by atoms with Crippen molar-refractivity contribution < 1.29 is 8.78 Å². The summed E-state index contributed by atoms with van der Waals surface area (Å²) in [7, 11) is 0. The maximum atomic E-state index is 12.8. The van der Waals surface area contributed by atoms with Gasteiger partial charge in [-0.25, -0.2) is 8.78 Å². The first-order valence-electron chi connectivity index (χ1n) is 8.97. The van der Waals surface area contributed by atoms with E-state index in [0.29, 0.717) is 0 Å². The number of hydrogen-bond acceptors (Lipinski definition) is 0. The molecule has 2 aromatic carbocycles. The second kappa shape index (κ2) is 8.96. The van der Waals surface area contributed by atoms with Crippen molar-refractivity contribution in [2.24, 2.45) is 0 Å². The fraction of sp³-hybridized carbons (Fsp3) is 0.455. The summed E-state index contributed by atoms with van der Waals surface area (Å²) in [5, 5.41) is 0. The molecule has 0 aliphatic rings. The van der Waals surface area contributed by atoms with Gasteiger partial charge in [0.2, 0.25) is 0 Å². The van der Waals surface area contributed by atoms with E-state index in [-0.39, 0.29) is 11.0 Å². The van der Waals surface area contributed by atoms with Crippen LogP contribution in [0.15, 0.2) is 54.6 Å². The Labute approximate surface area is 144 Å². The molecule has 0 radical (unpaired) electrons. The highest BCUT2D eigenvalue weighted by Gasteiger charge is 2.25. The van der Waals surface area contributed by atoms with Crippen LogP contribution in [-0.4, -0.2) is 0 Å². The van der Waals surface area contributed by atoms with Crippen molar-refractivity contribution in [3.8, 4) is 0 Å². The Morgan fingerprint density at radius 2 is 1.54 bits per heavy atom. The molecule has 1 atom stereocenters. The predicted molar refractivity (Wildman–Crippen MR) is 97.7 cm³/mol. The molecule has 0 amide bonds. The molecule has 0 nitrogen and oxygen atoms in total. The van der Waals surface area contributed by atoms with Gasteiger partial charge in [0, 0.05) is 5.56 Å². The number of alkyl halides is 2. The van der Waals surface area contributed by atoms with Gasteiger partial charge in [-0.1, -0.05) is 81.3 Å². The quantitative estimate of drug-likeness (QED) is 0.430.